The highest BCUT2D eigenvalue weighted by Gasteiger charge is 2.23. The number of rotatable bonds is 7. The zero-order valence-corrected chi connectivity index (χ0v) is 10.7. The summed E-state index contributed by atoms with van der Waals surface area (Å²) in [6, 6.07) is -0.516. The fraction of sp³-hybridized carbons (Fsp3) is 0.923. The average Bonchev–Trinajstić information content (AvgIpc) is 2.34. The van der Waals surface area contributed by atoms with Crippen LogP contribution in [0.1, 0.15) is 51.9 Å². The molecule has 0 amide bonds. The number of nitrogens with one attached hydrogen (secondary N) is 1. The second kappa shape index (κ2) is 7.67. The molecule has 0 saturated heterocycles. The first kappa shape index (κ1) is 14.5. The van der Waals surface area contributed by atoms with E-state index in [1.807, 2.05) is 6.92 Å². The Hall–Kier alpha value is -0.610. The normalized spacial score (nSPS) is 21.1. The van der Waals surface area contributed by atoms with Gasteiger partial charge in [0.05, 0.1) is 6.10 Å². The first-order valence-electron chi connectivity index (χ1n) is 6.79. The first-order valence-corrected chi connectivity index (χ1v) is 6.79. The highest BCUT2D eigenvalue weighted by atomic mass is 16.4. The van der Waals surface area contributed by atoms with Crippen molar-refractivity contribution in [3.8, 4) is 0 Å². The van der Waals surface area contributed by atoms with E-state index in [4.69, 9.17) is 5.11 Å². The Bertz CT molecular complexity index is 227. The number of carbonyl (C=O) groups is 1. The van der Waals surface area contributed by atoms with Crippen LogP contribution in [0.2, 0.25) is 0 Å². The van der Waals surface area contributed by atoms with Crippen LogP contribution in [0.25, 0.3) is 0 Å². The van der Waals surface area contributed by atoms with Gasteiger partial charge in [-0.2, -0.15) is 0 Å². The number of aliphatic carboxylic acids is 1. The third-order valence-electron chi connectivity index (χ3n) is 3.64. The highest BCUT2D eigenvalue weighted by Crippen LogP contribution is 2.26. The van der Waals surface area contributed by atoms with Crippen LogP contribution in [0.4, 0.5) is 0 Å². The molecule has 4 heteroatoms. The zero-order valence-electron chi connectivity index (χ0n) is 10.7. The van der Waals surface area contributed by atoms with Crippen molar-refractivity contribution >= 4 is 5.97 Å². The molecule has 3 N–H and O–H groups in total. The summed E-state index contributed by atoms with van der Waals surface area (Å²) in [7, 11) is 0. The fourth-order valence-electron chi connectivity index (χ4n) is 2.55. The van der Waals surface area contributed by atoms with Gasteiger partial charge in [0.15, 0.2) is 0 Å². The lowest BCUT2D eigenvalue weighted by molar-refractivity contribution is -0.139. The zero-order chi connectivity index (χ0) is 12.7. The number of aliphatic hydroxyl groups excluding tert-OH is 1. The molecule has 1 aliphatic rings. The number of hydrogen-bond donors (Lipinski definition) is 3. The fourth-order valence-corrected chi connectivity index (χ4v) is 2.55. The second-order valence-electron chi connectivity index (χ2n) is 5.05. The van der Waals surface area contributed by atoms with Gasteiger partial charge < -0.3 is 15.5 Å². The molecule has 0 aliphatic heterocycles. The summed E-state index contributed by atoms with van der Waals surface area (Å²) >= 11 is 0. The van der Waals surface area contributed by atoms with Crippen molar-refractivity contribution in [1.29, 1.82) is 0 Å². The SMILES string of the molecule is CCCC(NCC(O)C1CCCCC1)C(=O)O. The number of aliphatic hydroxyl groups is 1. The Morgan fingerprint density at radius 3 is 2.53 bits per heavy atom. The van der Waals surface area contributed by atoms with E-state index >= 15 is 0 Å². The van der Waals surface area contributed by atoms with Crippen molar-refractivity contribution < 1.29 is 15.0 Å². The van der Waals surface area contributed by atoms with Gasteiger partial charge in [0.25, 0.3) is 0 Å². The molecule has 0 heterocycles. The van der Waals surface area contributed by atoms with Crippen molar-refractivity contribution in [2.24, 2.45) is 5.92 Å². The minimum Gasteiger partial charge on any atom is -0.480 e. The van der Waals surface area contributed by atoms with Gasteiger partial charge >= 0.3 is 5.97 Å². The smallest absolute Gasteiger partial charge is 0.320 e. The molecule has 100 valence electrons. The Morgan fingerprint density at radius 1 is 1.35 bits per heavy atom. The van der Waals surface area contributed by atoms with E-state index in [-0.39, 0.29) is 0 Å². The Morgan fingerprint density at radius 2 is 2.00 bits per heavy atom. The van der Waals surface area contributed by atoms with Crippen LogP contribution in [0.5, 0.6) is 0 Å². The lowest BCUT2D eigenvalue weighted by Crippen LogP contribution is -2.43. The van der Waals surface area contributed by atoms with Crippen LogP contribution >= 0.6 is 0 Å². The molecule has 0 bridgehead atoms. The molecule has 0 aromatic rings. The van der Waals surface area contributed by atoms with Gasteiger partial charge in [0.1, 0.15) is 6.04 Å². The number of carboxylic acid groups (broad SMARTS) is 1. The topological polar surface area (TPSA) is 69.6 Å². The van der Waals surface area contributed by atoms with Crippen LogP contribution in [-0.4, -0.2) is 34.9 Å². The molecule has 1 fully saturated rings. The predicted molar refractivity (Wildman–Crippen MR) is 66.9 cm³/mol. The summed E-state index contributed by atoms with van der Waals surface area (Å²) in [5.74, 6) is -0.463. The molecule has 0 aromatic carbocycles. The van der Waals surface area contributed by atoms with Crippen LogP contribution < -0.4 is 5.32 Å². The monoisotopic (exact) mass is 243 g/mol. The minimum absolute atomic E-state index is 0.354. The lowest BCUT2D eigenvalue weighted by Gasteiger charge is -2.27. The maximum Gasteiger partial charge on any atom is 0.320 e. The molecule has 2 unspecified atom stereocenters. The Labute approximate surface area is 103 Å². The van der Waals surface area contributed by atoms with Gasteiger partial charge in [0.2, 0.25) is 0 Å². The lowest BCUT2D eigenvalue weighted by atomic mass is 9.85. The number of carboxylic acids is 1. The molecule has 4 nitrogen and oxygen atoms in total. The van der Waals surface area contributed by atoms with Crippen LogP contribution in [0, 0.1) is 5.92 Å². The molecule has 17 heavy (non-hydrogen) atoms. The third-order valence-corrected chi connectivity index (χ3v) is 3.64. The molecule has 1 rings (SSSR count). The Balaban J connectivity index is 2.29. The van der Waals surface area contributed by atoms with Crippen LogP contribution in [0.15, 0.2) is 0 Å². The van der Waals surface area contributed by atoms with E-state index in [0.717, 1.165) is 19.3 Å². The van der Waals surface area contributed by atoms with Crippen molar-refractivity contribution in [2.45, 2.75) is 64.0 Å². The quantitative estimate of drug-likeness (QED) is 0.637. The highest BCUT2D eigenvalue weighted by molar-refractivity contribution is 5.73. The summed E-state index contributed by atoms with van der Waals surface area (Å²) in [6.45, 7) is 2.37. The van der Waals surface area contributed by atoms with E-state index < -0.39 is 18.1 Å². The van der Waals surface area contributed by atoms with E-state index in [2.05, 4.69) is 5.32 Å². The van der Waals surface area contributed by atoms with Crippen molar-refractivity contribution in [3.63, 3.8) is 0 Å². The predicted octanol–water partition coefficient (Wildman–Crippen LogP) is 1.77. The maximum absolute atomic E-state index is 10.9. The van der Waals surface area contributed by atoms with E-state index in [0.29, 0.717) is 18.9 Å². The van der Waals surface area contributed by atoms with Crippen LogP contribution in [0.3, 0.4) is 0 Å². The van der Waals surface area contributed by atoms with E-state index in [1.54, 1.807) is 0 Å². The summed E-state index contributed by atoms with van der Waals surface area (Å²) in [4.78, 5) is 10.9. The van der Waals surface area contributed by atoms with Crippen molar-refractivity contribution in [3.05, 3.63) is 0 Å². The van der Waals surface area contributed by atoms with Gasteiger partial charge in [-0.15, -0.1) is 0 Å². The van der Waals surface area contributed by atoms with Crippen LogP contribution in [-0.2, 0) is 4.79 Å². The molecule has 0 aromatic heterocycles. The third kappa shape index (κ3) is 5.04. The van der Waals surface area contributed by atoms with Crippen molar-refractivity contribution in [2.75, 3.05) is 6.54 Å². The summed E-state index contributed by atoms with van der Waals surface area (Å²) in [5.41, 5.74) is 0. The van der Waals surface area contributed by atoms with Crippen molar-refractivity contribution in [1.82, 2.24) is 5.32 Å². The minimum atomic E-state index is -0.817. The van der Waals surface area contributed by atoms with Gasteiger partial charge in [-0.3, -0.25) is 4.79 Å². The van der Waals surface area contributed by atoms with Gasteiger partial charge in [0, 0.05) is 6.54 Å². The first-order chi connectivity index (χ1) is 8.15. The van der Waals surface area contributed by atoms with E-state index in [1.165, 1.54) is 19.3 Å². The molecule has 0 spiro atoms. The number of hydrogen-bond acceptors (Lipinski definition) is 3. The van der Waals surface area contributed by atoms with Gasteiger partial charge in [-0.25, -0.2) is 0 Å². The molecule has 1 aliphatic carbocycles. The average molecular weight is 243 g/mol. The van der Waals surface area contributed by atoms with E-state index in [9.17, 15) is 9.90 Å². The molecule has 1 saturated carbocycles. The van der Waals surface area contributed by atoms with Gasteiger partial charge in [-0.1, -0.05) is 32.6 Å². The summed E-state index contributed by atoms with van der Waals surface area (Å²) in [5, 5.41) is 22.0. The molecular formula is C13H25NO3. The molecular weight excluding hydrogens is 218 g/mol. The Kier molecular flexibility index (Phi) is 6.52. The summed E-state index contributed by atoms with van der Waals surface area (Å²) in [6.07, 6.45) is 6.87. The molecule has 2 atom stereocenters. The maximum atomic E-state index is 10.9. The standard InChI is InChI=1S/C13H25NO3/c1-2-6-11(13(16)17)14-9-12(15)10-7-4-3-5-8-10/h10-12,14-15H,2-9H2,1H3,(H,16,17). The largest absolute Gasteiger partial charge is 0.480 e. The summed E-state index contributed by atoms with van der Waals surface area (Å²) < 4.78 is 0. The second-order valence-corrected chi connectivity index (χ2v) is 5.05. The molecule has 0 radical (unpaired) electrons. The van der Waals surface area contributed by atoms with Gasteiger partial charge in [-0.05, 0) is 25.2 Å².